The number of carbonyl (C=O) groups is 1. The largest absolute Gasteiger partial charge is 0.573 e. The molecule has 6 nitrogen and oxygen atoms in total. The smallest absolute Gasteiger partial charge is 0.444 e. The summed E-state index contributed by atoms with van der Waals surface area (Å²) in [5.74, 6) is -0.284. The van der Waals surface area contributed by atoms with Gasteiger partial charge in [0.05, 0.1) is 12.7 Å². The van der Waals surface area contributed by atoms with Gasteiger partial charge in [-0.3, -0.25) is 4.68 Å². The van der Waals surface area contributed by atoms with E-state index in [0.29, 0.717) is 25.1 Å². The number of amides is 1. The van der Waals surface area contributed by atoms with Gasteiger partial charge in [0.1, 0.15) is 16.9 Å². The Balaban J connectivity index is 1.63. The van der Waals surface area contributed by atoms with Crippen LogP contribution in [0.2, 0.25) is 0 Å². The van der Waals surface area contributed by atoms with Crippen LogP contribution in [-0.2, 0) is 10.3 Å². The van der Waals surface area contributed by atoms with Crippen LogP contribution in [0.1, 0.15) is 32.8 Å². The summed E-state index contributed by atoms with van der Waals surface area (Å²) < 4.78 is 48.7. The van der Waals surface area contributed by atoms with Crippen molar-refractivity contribution < 1.29 is 27.4 Å². The molecule has 1 unspecified atom stereocenters. The molecule has 2 aromatic carbocycles. The summed E-state index contributed by atoms with van der Waals surface area (Å²) >= 11 is 0. The molecule has 180 valence electrons. The summed E-state index contributed by atoms with van der Waals surface area (Å²) in [5, 5.41) is 4.60. The number of likely N-dealkylation sites (tertiary alicyclic amines) is 1. The van der Waals surface area contributed by atoms with Gasteiger partial charge in [-0.2, -0.15) is 5.10 Å². The van der Waals surface area contributed by atoms with Crippen LogP contribution in [0.15, 0.2) is 67.0 Å². The van der Waals surface area contributed by atoms with Crippen molar-refractivity contribution in [1.29, 1.82) is 0 Å². The molecule has 1 aliphatic rings. The van der Waals surface area contributed by atoms with Gasteiger partial charge in [0.15, 0.2) is 0 Å². The second-order valence-electron chi connectivity index (χ2n) is 9.30. The van der Waals surface area contributed by atoms with Crippen LogP contribution in [0.3, 0.4) is 0 Å². The Hall–Kier alpha value is -3.49. The predicted octanol–water partition coefficient (Wildman–Crippen LogP) is 5.83. The number of alkyl halides is 3. The lowest BCUT2D eigenvalue weighted by atomic mass is 9.89. The van der Waals surface area contributed by atoms with Crippen molar-refractivity contribution in [1.82, 2.24) is 14.7 Å². The van der Waals surface area contributed by atoms with E-state index in [9.17, 15) is 18.0 Å². The maximum Gasteiger partial charge on any atom is 0.573 e. The number of nitrogens with zero attached hydrogens (tertiary/aromatic N) is 3. The van der Waals surface area contributed by atoms with Gasteiger partial charge >= 0.3 is 12.5 Å². The normalized spacial score (nSPS) is 18.7. The van der Waals surface area contributed by atoms with E-state index < -0.39 is 17.5 Å². The summed E-state index contributed by atoms with van der Waals surface area (Å²) in [6.45, 7) is 6.37. The lowest BCUT2D eigenvalue weighted by Gasteiger charge is -2.31. The fourth-order valence-electron chi connectivity index (χ4n) is 4.13. The molecule has 1 amide bonds. The molecule has 1 atom stereocenters. The van der Waals surface area contributed by atoms with Crippen molar-refractivity contribution in [2.24, 2.45) is 0 Å². The monoisotopic (exact) mass is 473 g/mol. The number of benzene rings is 2. The van der Waals surface area contributed by atoms with Crippen molar-refractivity contribution in [2.45, 2.75) is 44.7 Å². The van der Waals surface area contributed by atoms with E-state index in [1.165, 1.54) is 12.1 Å². The van der Waals surface area contributed by atoms with Gasteiger partial charge in [0, 0.05) is 18.3 Å². The van der Waals surface area contributed by atoms with E-state index in [1.54, 1.807) is 23.2 Å². The third-order valence-corrected chi connectivity index (χ3v) is 5.65. The number of aromatic nitrogens is 2. The molecule has 0 bridgehead atoms. The SMILES string of the molecule is CC(C)(C)OC(=O)N1CCC(c2ccccc2)(n2cc(-c3ccc(OC(F)(F)F)cc3)cn2)C1. The van der Waals surface area contributed by atoms with Crippen LogP contribution in [0.25, 0.3) is 11.1 Å². The summed E-state index contributed by atoms with van der Waals surface area (Å²) in [6.07, 6.45) is -0.962. The molecular weight excluding hydrogens is 447 g/mol. The highest BCUT2D eigenvalue weighted by atomic mass is 19.4. The van der Waals surface area contributed by atoms with Crippen molar-refractivity contribution >= 4 is 6.09 Å². The Kier molecular flexibility index (Phi) is 6.05. The lowest BCUT2D eigenvalue weighted by Crippen LogP contribution is -2.41. The molecule has 1 aliphatic heterocycles. The molecule has 0 N–H and O–H groups in total. The van der Waals surface area contributed by atoms with Crippen molar-refractivity contribution in [3.05, 3.63) is 72.6 Å². The topological polar surface area (TPSA) is 56.6 Å². The van der Waals surface area contributed by atoms with Gasteiger partial charge < -0.3 is 14.4 Å². The molecule has 4 rings (SSSR count). The fourth-order valence-corrected chi connectivity index (χ4v) is 4.13. The fraction of sp³-hybridized carbons (Fsp3) is 0.360. The summed E-state index contributed by atoms with van der Waals surface area (Å²) in [4.78, 5) is 14.4. The minimum absolute atomic E-state index is 0.284. The Morgan fingerprint density at radius 1 is 1.00 bits per heavy atom. The average molecular weight is 473 g/mol. The molecule has 0 aliphatic carbocycles. The lowest BCUT2D eigenvalue weighted by molar-refractivity contribution is -0.274. The molecule has 1 saturated heterocycles. The van der Waals surface area contributed by atoms with E-state index in [-0.39, 0.29) is 11.8 Å². The zero-order chi connectivity index (χ0) is 24.6. The Labute approximate surface area is 195 Å². The highest BCUT2D eigenvalue weighted by Gasteiger charge is 2.44. The molecule has 0 radical (unpaired) electrons. The van der Waals surface area contributed by atoms with Crippen LogP contribution < -0.4 is 4.74 Å². The van der Waals surface area contributed by atoms with Gasteiger partial charge in [0.2, 0.25) is 0 Å². The Morgan fingerprint density at radius 2 is 1.68 bits per heavy atom. The zero-order valence-corrected chi connectivity index (χ0v) is 19.2. The van der Waals surface area contributed by atoms with E-state index in [4.69, 9.17) is 4.74 Å². The predicted molar refractivity (Wildman–Crippen MR) is 120 cm³/mol. The average Bonchev–Trinajstić information content (AvgIpc) is 3.41. The second kappa shape index (κ2) is 8.70. The third-order valence-electron chi connectivity index (χ3n) is 5.65. The molecule has 2 heterocycles. The summed E-state index contributed by atoms with van der Waals surface area (Å²) in [7, 11) is 0. The Bertz CT molecular complexity index is 1140. The standard InChI is InChI=1S/C25H26F3N3O3/c1-23(2,3)34-22(32)30-14-13-24(17-30,20-7-5-4-6-8-20)31-16-19(15-29-31)18-9-11-21(12-10-18)33-25(26,27)28/h4-12,15-16H,13-14,17H2,1-3H3. The van der Waals surface area contributed by atoms with Crippen LogP contribution in [0.4, 0.5) is 18.0 Å². The molecule has 1 aromatic heterocycles. The van der Waals surface area contributed by atoms with Gasteiger partial charge in [-0.1, -0.05) is 42.5 Å². The van der Waals surface area contributed by atoms with Crippen molar-refractivity contribution in [3.63, 3.8) is 0 Å². The number of carbonyl (C=O) groups excluding carboxylic acids is 1. The summed E-state index contributed by atoms with van der Waals surface area (Å²) in [6, 6.07) is 15.5. The molecule has 3 aromatic rings. The molecule has 34 heavy (non-hydrogen) atoms. The third kappa shape index (κ3) is 5.18. The number of hydrogen-bond acceptors (Lipinski definition) is 4. The van der Waals surface area contributed by atoms with Crippen LogP contribution in [-0.4, -0.2) is 45.8 Å². The van der Waals surface area contributed by atoms with E-state index in [1.807, 2.05) is 62.0 Å². The van der Waals surface area contributed by atoms with Crippen molar-refractivity contribution in [2.75, 3.05) is 13.1 Å². The van der Waals surface area contributed by atoms with Crippen LogP contribution >= 0.6 is 0 Å². The molecule has 9 heteroatoms. The first-order chi connectivity index (χ1) is 16.0. The quantitative estimate of drug-likeness (QED) is 0.478. The van der Waals surface area contributed by atoms with Gasteiger partial charge in [0.25, 0.3) is 0 Å². The minimum atomic E-state index is -4.74. The number of rotatable bonds is 4. The first-order valence-corrected chi connectivity index (χ1v) is 10.9. The first-order valence-electron chi connectivity index (χ1n) is 10.9. The molecule has 0 spiro atoms. The van der Waals surface area contributed by atoms with E-state index in [2.05, 4.69) is 9.84 Å². The van der Waals surface area contributed by atoms with Gasteiger partial charge in [-0.15, -0.1) is 13.2 Å². The van der Waals surface area contributed by atoms with E-state index >= 15 is 0 Å². The zero-order valence-electron chi connectivity index (χ0n) is 19.2. The highest BCUT2D eigenvalue weighted by Crippen LogP contribution is 2.37. The van der Waals surface area contributed by atoms with Gasteiger partial charge in [-0.25, -0.2) is 4.79 Å². The highest BCUT2D eigenvalue weighted by molar-refractivity contribution is 5.69. The summed E-state index contributed by atoms with van der Waals surface area (Å²) in [5.41, 5.74) is 1.24. The number of halogens is 3. The van der Waals surface area contributed by atoms with Gasteiger partial charge in [-0.05, 0) is 50.5 Å². The van der Waals surface area contributed by atoms with Crippen LogP contribution in [0.5, 0.6) is 5.75 Å². The van der Waals surface area contributed by atoms with Crippen LogP contribution in [0, 0.1) is 0 Å². The Morgan fingerprint density at radius 3 is 2.29 bits per heavy atom. The maximum atomic E-state index is 12.8. The maximum absolute atomic E-state index is 12.8. The second-order valence-corrected chi connectivity index (χ2v) is 9.30. The first kappa shape index (κ1) is 23.7. The van der Waals surface area contributed by atoms with Crippen molar-refractivity contribution in [3.8, 4) is 16.9 Å². The molecule has 0 saturated carbocycles. The molecule has 1 fully saturated rings. The number of hydrogen-bond donors (Lipinski definition) is 0. The molecular formula is C25H26F3N3O3. The van der Waals surface area contributed by atoms with E-state index in [0.717, 1.165) is 11.1 Å². The number of ether oxygens (including phenoxy) is 2. The minimum Gasteiger partial charge on any atom is -0.444 e.